The van der Waals surface area contributed by atoms with E-state index in [2.05, 4.69) is 0 Å². The monoisotopic (exact) mass is 324 g/mol. The van der Waals surface area contributed by atoms with Crippen LogP contribution in [-0.2, 0) is 14.3 Å². The molecule has 0 aromatic heterocycles. The fourth-order valence-corrected chi connectivity index (χ4v) is 2.61. The number of carbonyl (C=O) groups excluding carboxylic acids is 2. The molecule has 7 heteroatoms. The second-order valence-electron chi connectivity index (χ2n) is 5.62. The zero-order valence-corrected chi connectivity index (χ0v) is 12.7. The summed E-state index contributed by atoms with van der Waals surface area (Å²) in [7, 11) is 0. The number of hydrogen-bond donors (Lipinski definition) is 3. The van der Waals surface area contributed by atoms with Gasteiger partial charge in [-0.25, -0.2) is 4.79 Å². The second kappa shape index (κ2) is 7.08. The van der Waals surface area contributed by atoms with Gasteiger partial charge in [0, 0.05) is 6.92 Å². The van der Waals surface area contributed by atoms with Crippen molar-refractivity contribution in [1.82, 2.24) is 0 Å². The maximum Gasteiger partial charge on any atom is 0.338 e. The fourth-order valence-electron chi connectivity index (χ4n) is 2.61. The second-order valence-corrected chi connectivity index (χ2v) is 5.62. The lowest BCUT2D eigenvalue weighted by Gasteiger charge is -2.43. The van der Waals surface area contributed by atoms with Crippen molar-refractivity contribution in [2.45, 2.75) is 43.7 Å². The number of carbonyl (C=O) groups is 2. The van der Waals surface area contributed by atoms with Crippen molar-refractivity contribution in [1.29, 1.82) is 0 Å². The Labute approximate surface area is 133 Å². The molecule has 1 aromatic rings. The number of rotatable bonds is 4. The van der Waals surface area contributed by atoms with Gasteiger partial charge in [0.25, 0.3) is 0 Å². The normalized spacial score (nSPS) is 30.5. The molecule has 0 radical (unpaired) electrons. The maximum absolute atomic E-state index is 11.9. The molecule has 3 N–H and O–H groups in total. The molecule has 126 valence electrons. The molecular weight excluding hydrogens is 304 g/mol. The first-order chi connectivity index (χ1) is 10.8. The van der Waals surface area contributed by atoms with E-state index < -0.39 is 42.5 Å². The van der Waals surface area contributed by atoms with E-state index in [-0.39, 0.29) is 18.4 Å². The standard InChI is InChI=1S/C16H20O7/c1-10(17)23-12-7-8-13(18)16(21,14(12)19)9-22-15(20)11-5-3-2-4-6-11/h2-6,12-14,18-19,21H,7-9H2,1H3. The van der Waals surface area contributed by atoms with Crippen LogP contribution in [0.3, 0.4) is 0 Å². The van der Waals surface area contributed by atoms with Crippen molar-refractivity contribution in [3.05, 3.63) is 35.9 Å². The molecule has 0 bridgehead atoms. The summed E-state index contributed by atoms with van der Waals surface area (Å²) in [6.07, 6.45) is -3.51. The van der Waals surface area contributed by atoms with Crippen molar-refractivity contribution in [2.24, 2.45) is 0 Å². The SMILES string of the molecule is CC(=O)OC1CCC(O)C(O)(COC(=O)c2ccccc2)C1O. The summed E-state index contributed by atoms with van der Waals surface area (Å²) in [6, 6.07) is 8.14. The molecule has 23 heavy (non-hydrogen) atoms. The van der Waals surface area contributed by atoms with E-state index in [1.807, 2.05) is 0 Å². The van der Waals surface area contributed by atoms with Gasteiger partial charge in [-0.05, 0) is 25.0 Å². The average Bonchev–Trinajstić information content (AvgIpc) is 2.54. The van der Waals surface area contributed by atoms with Crippen LogP contribution in [0.15, 0.2) is 30.3 Å². The summed E-state index contributed by atoms with van der Waals surface area (Å²) in [6.45, 7) is 0.576. The fraction of sp³-hybridized carbons (Fsp3) is 0.500. The van der Waals surface area contributed by atoms with Gasteiger partial charge >= 0.3 is 11.9 Å². The van der Waals surface area contributed by atoms with E-state index in [1.165, 1.54) is 6.92 Å². The highest BCUT2D eigenvalue weighted by Gasteiger charge is 2.52. The third-order valence-electron chi connectivity index (χ3n) is 3.93. The quantitative estimate of drug-likeness (QED) is 0.669. The molecule has 0 amide bonds. The van der Waals surface area contributed by atoms with E-state index >= 15 is 0 Å². The Hall–Kier alpha value is -1.96. The van der Waals surface area contributed by atoms with Gasteiger partial charge in [0.1, 0.15) is 18.8 Å². The van der Waals surface area contributed by atoms with Crippen molar-refractivity contribution in [2.75, 3.05) is 6.61 Å². The Kier molecular flexibility index (Phi) is 5.35. The zero-order chi connectivity index (χ0) is 17.0. The Morgan fingerprint density at radius 1 is 1.22 bits per heavy atom. The van der Waals surface area contributed by atoms with E-state index in [0.717, 1.165) is 0 Å². The molecule has 1 aliphatic rings. The minimum atomic E-state index is -2.09. The minimum absolute atomic E-state index is 0.106. The molecule has 4 atom stereocenters. The topological polar surface area (TPSA) is 113 Å². The number of benzene rings is 1. The summed E-state index contributed by atoms with van der Waals surface area (Å²) < 4.78 is 9.95. The van der Waals surface area contributed by atoms with Gasteiger partial charge < -0.3 is 24.8 Å². The van der Waals surface area contributed by atoms with E-state index in [9.17, 15) is 24.9 Å². The molecule has 4 unspecified atom stereocenters. The first-order valence-electron chi connectivity index (χ1n) is 7.32. The molecule has 1 saturated carbocycles. The Morgan fingerprint density at radius 3 is 2.48 bits per heavy atom. The maximum atomic E-state index is 11.9. The lowest BCUT2D eigenvalue weighted by Crippen LogP contribution is -2.63. The Morgan fingerprint density at radius 2 is 1.87 bits per heavy atom. The largest absolute Gasteiger partial charge is 0.460 e. The number of aliphatic hydroxyl groups is 3. The van der Waals surface area contributed by atoms with Gasteiger partial charge in [-0.1, -0.05) is 18.2 Å². The van der Waals surface area contributed by atoms with E-state index in [0.29, 0.717) is 0 Å². The molecule has 0 heterocycles. The first-order valence-corrected chi connectivity index (χ1v) is 7.32. The predicted octanol–water partition coefficient (Wildman–Crippen LogP) is 0.0218. The predicted molar refractivity (Wildman–Crippen MR) is 78.5 cm³/mol. The first kappa shape index (κ1) is 17.4. The third kappa shape index (κ3) is 3.87. The van der Waals surface area contributed by atoms with Gasteiger partial charge in [-0.3, -0.25) is 4.79 Å². The smallest absolute Gasteiger partial charge is 0.338 e. The van der Waals surface area contributed by atoms with Gasteiger partial charge in [0.15, 0.2) is 5.60 Å². The van der Waals surface area contributed by atoms with Crippen LogP contribution in [0.5, 0.6) is 0 Å². The van der Waals surface area contributed by atoms with E-state index in [1.54, 1.807) is 30.3 Å². The van der Waals surface area contributed by atoms with Crippen LogP contribution in [0, 0.1) is 0 Å². The van der Waals surface area contributed by atoms with Gasteiger partial charge in [-0.15, -0.1) is 0 Å². The van der Waals surface area contributed by atoms with Crippen LogP contribution >= 0.6 is 0 Å². The lowest BCUT2D eigenvalue weighted by molar-refractivity contribution is -0.224. The summed E-state index contributed by atoms with van der Waals surface area (Å²) >= 11 is 0. The highest BCUT2D eigenvalue weighted by molar-refractivity contribution is 5.89. The highest BCUT2D eigenvalue weighted by Crippen LogP contribution is 2.31. The molecule has 7 nitrogen and oxygen atoms in total. The van der Waals surface area contributed by atoms with Gasteiger partial charge in [0.2, 0.25) is 0 Å². The zero-order valence-electron chi connectivity index (χ0n) is 12.7. The molecule has 1 aromatic carbocycles. The van der Waals surface area contributed by atoms with Crippen LogP contribution in [0.4, 0.5) is 0 Å². The van der Waals surface area contributed by atoms with Crippen molar-refractivity contribution >= 4 is 11.9 Å². The summed E-state index contributed by atoms with van der Waals surface area (Å²) in [5.74, 6) is -1.29. The molecular formula is C16H20O7. The molecule has 1 aliphatic carbocycles. The number of hydrogen-bond acceptors (Lipinski definition) is 7. The molecule has 2 rings (SSSR count). The summed E-state index contributed by atoms with van der Waals surface area (Å²) in [4.78, 5) is 23.0. The Balaban J connectivity index is 2.05. The van der Waals surface area contributed by atoms with Crippen LogP contribution in [0.1, 0.15) is 30.1 Å². The lowest BCUT2D eigenvalue weighted by atomic mass is 9.78. The highest BCUT2D eigenvalue weighted by atomic mass is 16.6. The van der Waals surface area contributed by atoms with Crippen molar-refractivity contribution < 1.29 is 34.4 Å². The van der Waals surface area contributed by atoms with Crippen LogP contribution in [0.25, 0.3) is 0 Å². The van der Waals surface area contributed by atoms with Crippen LogP contribution in [0.2, 0.25) is 0 Å². The van der Waals surface area contributed by atoms with Crippen LogP contribution < -0.4 is 0 Å². The summed E-state index contributed by atoms with van der Waals surface area (Å²) in [5, 5.41) is 30.7. The molecule has 0 saturated heterocycles. The molecule has 0 aliphatic heterocycles. The van der Waals surface area contributed by atoms with Gasteiger partial charge in [0.05, 0.1) is 11.7 Å². The average molecular weight is 324 g/mol. The van der Waals surface area contributed by atoms with Crippen LogP contribution in [-0.4, -0.2) is 57.8 Å². The third-order valence-corrected chi connectivity index (χ3v) is 3.93. The van der Waals surface area contributed by atoms with Crippen molar-refractivity contribution in [3.8, 4) is 0 Å². The Bertz CT molecular complexity index is 559. The van der Waals surface area contributed by atoms with E-state index in [4.69, 9.17) is 9.47 Å². The minimum Gasteiger partial charge on any atom is -0.460 e. The van der Waals surface area contributed by atoms with Crippen molar-refractivity contribution in [3.63, 3.8) is 0 Å². The molecule has 0 spiro atoms. The molecule has 1 fully saturated rings. The number of ether oxygens (including phenoxy) is 2. The van der Waals surface area contributed by atoms with Gasteiger partial charge in [-0.2, -0.15) is 0 Å². The number of aliphatic hydroxyl groups excluding tert-OH is 2. The number of esters is 2. The summed E-state index contributed by atoms with van der Waals surface area (Å²) in [5.41, 5.74) is -1.81.